The van der Waals surface area contributed by atoms with Gasteiger partial charge in [0, 0.05) is 12.6 Å². The molecule has 1 N–H and O–H groups in total. The number of nitrogens with one attached hydrogen (secondary N) is 1. The second-order valence-corrected chi connectivity index (χ2v) is 6.08. The van der Waals surface area contributed by atoms with E-state index in [-0.39, 0.29) is 0 Å². The lowest BCUT2D eigenvalue weighted by Gasteiger charge is -2.33. The van der Waals surface area contributed by atoms with Crippen LogP contribution in [-0.2, 0) is 4.74 Å². The van der Waals surface area contributed by atoms with E-state index in [9.17, 15) is 18.0 Å². The molecular formula is C13H23F3N2O2. The Morgan fingerprint density at radius 2 is 1.95 bits per heavy atom. The summed E-state index contributed by atoms with van der Waals surface area (Å²) in [6.07, 6.45) is -3.06. The van der Waals surface area contributed by atoms with Gasteiger partial charge in [0.1, 0.15) is 12.1 Å². The van der Waals surface area contributed by atoms with Gasteiger partial charge in [0.05, 0.1) is 0 Å². The maximum absolute atomic E-state index is 12.7. The van der Waals surface area contributed by atoms with E-state index in [1.807, 2.05) is 0 Å². The first-order chi connectivity index (χ1) is 9.08. The number of carbonyl (C=O) groups excluding carboxylic acids is 1. The van der Waals surface area contributed by atoms with E-state index in [0.29, 0.717) is 13.0 Å². The van der Waals surface area contributed by atoms with Crippen molar-refractivity contribution in [2.75, 3.05) is 19.6 Å². The first-order valence-electron chi connectivity index (χ1n) is 6.85. The van der Waals surface area contributed by atoms with Crippen molar-refractivity contribution < 1.29 is 22.7 Å². The molecule has 0 aromatic rings. The minimum atomic E-state index is -4.43. The summed E-state index contributed by atoms with van der Waals surface area (Å²) in [4.78, 5) is 12.8. The van der Waals surface area contributed by atoms with Crippen molar-refractivity contribution in [3.8, 4) is 0 Å². The summed E-state index contributed by atoms with van der Waals surface area (Å²) in [6, 6.07) is -0.478. The van der Waals surface area contributed by atoms with Crippen LogP contribution in [0.2, 0.25) is 0 Å². The highest BCUT2D eigenvalue weighted by molar-refractivity contribution is 5.68. The van der Waals surface area contributed by atoms with Crippen LogP contribution in [0, 0.1) is 0 Å². The first kappa shape index (κ1) is 17.1. The van der Waals surface area contributed by atoms with Crippen molar-refractivity contribution in [2.45, 2.75) is 57.9 Å². The third-order valence-electron chi connectivity index (χ3n) is 2.94. The van der Waals surface area contributed by atoms with Gasteiger partial charge in [0.2, 0.25) is 0 Å². The Morgan fingerprint density at radius 3 is 2.50 bits per heavy atom. The van der Waals surface area contributed by atoms with Crippen LogP contribution in [0.4, 0.5) is 18.0 Å². The highest BCUT2D eigenvalue weighted by Gasteiger charge is 2.38. The number of hydrogen-bond acceptors (Lipinski definition) is 3. The third-order valence-corrected chi connectivity index (χ3v) is 2.94. The molecule has 0 aromatic carbocycles. The zero-order valence-corrected chi connectivity index (χ0v) is 12.2. The van der Waals surface area contributed by atoms with Gasteiger partial charge in [-0.05, 0) is 40.2 Å². The molecule has 7 heteroatoms. The minimum Gasteiger partial charge on any atom is -0.444 e. The summed E-state index contributed by atoms with van der Waals surface area (Å²) >= 11 is 0. The standard InChI is InChI=1S/C13H23F3N2O2/c1-12(2,3)20-11(19)18(9-13(14,15)16)10-6-4-5-7-17-8-10/h10,17H,4-9H2,1-3H3. The average molecular weight is 296 g/mol. The second-order valence-electron chi connectivity index (χ2n) is 6.08. The summed E-state index contributed by atoms with van der Waals surface area (Å²) in [6.45, 7) is 4.79. The van der Waals surface area contributed by atoms with Gasteiger partial charge in [-0.3, -0.25) is 4.90 Å². The Kier molecular flexibility index (Phi) is 5.68. The van der Waals surface area contributed by atoms with Gasteiger partial charge in [-0.25, -0.2) is 4.79 Å². The van der Waals surface area contributed by atoms with E-state index in [1.54, 1.807) is 20.8 Å². The zero-order chi connectivity index (χ0) is 15.4. The quantitative estimate of drug-likeness (QED) is 0.852. The Morgan fingerprint density at radius 1 is 1.30 bits per heavy atom. The number of alkyl halides is 3. The van der Waals surface area contributed by atoms with E-state index in [4.69, 9.17) is 4.74 Å². The number of nitrogens with zero attached hydrogens (tertiary/aromatic N) is 1. The van der Waals surface area contributed by atoms with Crippen molar-refractivity contribution >= 4 is 6.09 Å². The molecule has 1 saturated heterocycles. The van der Waals surface area contributed by atoms with Gasteiger partial charge >= 0.3 is 12.3 Å². The van der Waals surface area contributed by atoms with Crippen molar-refractivity contribution in [3.63, 3.8) is 0 Å². The SMILES string of the molecule is CC(C)(C)OC(=O)N(CC(F)(F)F)C1CCCCNC1. The summed E-state index contributed by atoms with van der Waals surface area (Å²) in [5.41, 5.74) is -0.806. The molecular weight excluding hydrogens is 273 g/mol. The molecule has 1 heterocycles. The van der Waals surface area contributed by atoms with Crippen molar-refractivity contribution in [1.29, 1.82) is 0 Å². The maximum atomic E-state index is 12.7. The van der Waals surface area contributed by atoms with Gasteiger partial charge in [-0.1, -0.05) is 6.42 Å². The molecule has 4 nitrogen and oxygen atoms in total. The number of hydrogen-bond donors (Lipinski definition) is 1. The van der Waals surface area contributed by atoms with Gasteiger partial charge < -0.3 is 10.1 Å². The van der Waals surface area contributed by atoms with Crippen LogP contribution < -0.4 is 5.32 Å². The minimum absolute atomic E-state index is 0.370. The van der Waals surface area contributed by atoms with E-state index in [1.165, 1.54) is 0 Å². The fourth-order valence-electron chi connectivity index (χ4n) is 2.12. The summed E-state index contributed by atoms with van der Waals surface area (Å²) in [5.74, 6) is 0. The molecule has 0 aromatic heterocycles. The average Bonchev–Trinajstić information content (AvgIpc) is 2.50. The summed E-state index contributed by atoms with van der Waals surface area (Å²) in [5, 5.41) is 3.06. The first-order valence-corrected chi connectivity index (χ1v) is 6.85. The van der Waals surface area contributed by atoms with E-state index in [0.717, 1.165) is 24.3 Å². The number of rotatable bonds is 2. The van der Waals surface area contributed by atoms with E-state index < -0.39 is 30.5 Å². The largest absolute Gasteiger partial charge is 0.444 e. The van der Waals surface area contributed by atoms with Gasteiger partial charge in [0.15, 0.2) is 0 Å². The summed E-state index contributed by atoms with van der Waals surface area (Å²) < 4.78 is 43.2. The number of ether oxygens (including phenoxy) is 1. The topological polar surface area (TPSA) is 41.6 Å². The molecule has 0 bridgehead atoms. The third kappa shape index (κ3) is 6.45. The maximum Gasteiger partial charge on any atom is 0.410 e. The molecule has 1 aliphatic heterocycles. The fraction of sp³-hybridized carbons (Fsp3) is 0.923. The van der Waals surface area contributed by atoms with Crippen LogP contribution in [0.1, 0.15) is 40.0 Å². The molecule has 0 aliphatic carbocycles. The molecule has 1 rings (SSSR count). The molecule has 1 fully saturated rings. The van der Waals surface area contributed by atoms with Crippen molar-refractivity contribution in [2.24, 2.45) is 0 Å². The molecule has 118 valence electrons. The van der Waals surface area contributed by atoms with Crippen molar-refractivity contribution in [1.82, 2.24) is 10.2 Å². The monoisotopic (exact) mass is 296 g/mol. The highest BCUT2D eigenvalue weighted by atomic mass is 19.4. The molecule has 0 radical (unpaired) electrons. The number of halogens is 3. The Balaban J connectivity index is 2.80. The normalized spacial score (nSPS) is 21.2. The van der Waals surface area contributed by atoms with Crippen LogP contribution in [0.5, 0.6) is 0 Å². The van der Waals surface area contributed by atoms with Crippen LogP contribution in [-0.4, -0.2) is 48.4 Å². The van der Waals surface area contributed by atoms with Crippen LogP contribution in [0.15, 0.2) is 0 Å². The molecule has 1 atom stereocenters. The predicted octanol–water partition coefficient (Wildman–Crippen LogP) is 2.93. The lowest BCUT2D eigenvalue weighted by Crippen LogP contribution is -2.50. The van der Waals surface area contributed by atoms with Crippen molar-refractivity contribution in [3.05, 3.63) is 0 Å². The molecule has 1 aliphatic rings. The van der Waals surface area contributed by atoms with Crippen LogP contribution in [0.25, 0.3) is 0 Å². The van der Waals surface area contributed by atoms with Gasteiger partial charge in [0.25, 0.3) is 0 Å². The predicted molar refractivity (Wildman–Crippen MR) is 69.5 cm³/mol. The van der Waals surface area contributed by atoms with Crippen LogP contribution in [0.3, 0.4) is 0 Å². The van der Waals surface area contributed by atoms with Gasteiger partial charge in [-0.15, -0.1) is 0 Å². The number of carbonyl (C=O) groups is 1. The molecule has 0 spiro atoms. The molecule has 0 saturated carbocycles. The zero-order valence-electron chi connectivity index (χ0n) is 12.2. The van der Waals surface area contributed by atoms with Gasteiger partial charge in [-0.2, -0.15) is 13.2 Å². The number of amides is 1. The molecule has 1 unspecified atom stereocenters. The Hall–Kier alpha value is -0.980. The van der Waals surface area contributed by atoms with E-state index in [2.05, 4.69) is 5.32 Å². The smallest absolute Gasteiger partial charge is 0.410 e. The molecule has 20 heavy (non-hydrogen) atoms. The lowest BCUT2D eigenvalue weighted by atomic mass is 10.1. The van der Waals surface area contributed by atoms with E-state index >= 15 is 0 Å². The highest BCUT2D eigenvalue weighted by Crippen LogP contribution is 2.23. The lowest BCUT2D eigenvalue weighted by molar-refractivity contribution is -0.149. The molecule has 1 amide bonds. The second kappa shape index (κ2) is 6.65. The van der Waals surface area contributed by atoms with Crippen LogP contribution >= 0.6 is 0 Å². The summed E-state index contributed by atoms with van der Waals surface area (Å²) in [7, 11) is 0. The Bertz CT molecular complexity index is 319. The Labute approximate surface area is 117 Å². The fourth-order valence-corrected chi connectivity index (χ4v) is 2.12.